The molecule has 1 rings (SSSR count). The highest BCUT2D eigenvalue weighted by atomic mass is 16.3. The first-order valence-electron chi connectivity index (χ1n) is 4.34. The summed E-state index contributed by atoms with van der Waals surface area (Å²) in [6.45, 7) is 1.78. The second-order valence-electron chi connectivity index (χ2n) is 3.12. The van der Waals surface area contributed by atoms with E-state index in [0.29, 0.717) is 0 Å². The van der Waals surface area contributed by atoms with Crippen LogP contribution in [0.2, 0.25) is 0 Å². The van der Waals surface area contributed by atoms with Crippen molar-refractivity contribution in [2.75, 3.05) is 0 Å². The molecule has 0 fully saturated rings. The minimum absolute atomic E-state index is 0.308. The normalized spacial score (nSPS) is 21.8. The van der Waals surface area contributed by atoms with E-state index in [1.165, 1.54) is 31.3 Å². The Morgan fingerprint density at radius 2 is 2.36 bits per heavy atom. The van der Waals surface area contributed by atoms with Gasteiger partial charge in [0.2, 0.25) is 0 Å². The van der Waals surface area contributed by atoms with Crippen LogP contribution in [0.5, 0.6) is 0 Å². The van der Waals surface area contributed by atoms with Crippen LogP contribution < -0.4 is 0 Å². The van der Waals surface area contributed by atoms with Crippen molar-refractivity contribution in [3.05, 3.63) is 23.8 Å². The van der Waals surface area contributed by atoms with Gasteiger partial charge in [0, 0.05) is 0 Å². The minimum atomic E-state index is -0.308. The Labute approximate surface area is 68.4 Å². The zero-order valence-corrected chi connectivity index (χ0v) is 7.09. The quantitative estimate of drug-likeness (QED) is 0.644. The average molecular weight is 152 g/mol. The Morgan fingerprint density at radius 1 is 1.55 bits per heavy atom. The molecule has 0 bridgehead atoms. The predicted octanol–water partition coefficient (Wildman–Crippen LogP) is 2.42. The van der Waals surface area contributed by atoms with Gasteiger partial charge < -0.3 is 5.11 Å². The maximum absolute atomic E-state index is 8.97. The number of aliphatic hydroxyl groups is 1. The summed E-state index contributed by atoms with van der Waals surface area (Å²) in [6, 6.07) is 0. The van der Waals surface area contributed by atoms with Gasteiger partial charge in [-0.25, -0.2) is 0 Å². The Hall–Kier alpha value is -0.560. The first-order chi connectivity index (χ1) is 5.29. The molecule has 0 spiro atoms. The van der Waals surface area contributed by atoms with E-state index in [2.05, 4.69) is 6.08 Å². The van der Waals surface area contributed by atoms with Crippen LogP contribution in [0.1, 0.15) is 32.6 Å². The second-order valence-corrected chi connectivity index (χ2v) is 3.12. The van der Waals surface area contributed by atoms with Gasteiger partial charge in [-0.3, -0.25) is 0 Å². The zero-order valence-electron chi connectivity index (χ0n) is 7.09. The molecule has 0 saturated carbocycles. The van der Waals surface area contributed by atoms with E-state index in [1.54, 1.807) is 6.92 Å². The van der Waals surface area contributed by atoms with E-state index in [1.807, 2.05) is 12.2 Å². The van der Waals surface area contributed by atoms with Crippen molar-refractivity contribution in [1.29, 1.82) is 0 Å². The maximum atomic E-state index is 8.97. The third-order valence-electron chi connectivity index (χ3n) is 1.91. The number of hydrogen-bond acceptors (Lipinski definition) is 1. The van der Waals surface area contributed by atoms with Gasteiger partial charge in [0.1, 0.15) is 0 Å². The molecular weight excluding hydrogens is 136 g/mol. The van der Waals surface area contributed by atoms with E-state index >= 15 is 0 Å². The van der Waals surface area contributed by atoms with Gasteiger partial charge in [0.25, 0.3) is 0 Å². The molecule has 1 aliphatic carbocycles. The molecule has 1 N–H and O–H groups in total. The van der Waals surface area contributed by atoms with Gasteiger partial charge in [-0.15, -0.1) is 0 Å². The molecule has 1 nitrogen and oxygen atoms in total. The summed E-state index contributed by atoms with van der Waals surface area (Å²) in [7, 11) is 0. The Morgan fingerprint density at radius 3 is 2.91 bits per heavy atom. The monoisotopic (exact) mass is 152 g/mol. The molecule has 0 amide bonds. The van der Waals surface area contributed by atoms with E-state index in [-0.39, 0.29) is 6.10 Å². The number of aliphatic hydroxyl groups excluding tert-OH is 1. The smallest absolute Gasteiger partial charge is 0.0695 e. The summed E-state index contributed by atoms with van der Waals surface area (Å²) in [4.78, 5) is 0. The first-order valence-corrected chi connectivity index (χ1v) is 4.34. The lowest BCUT2D eigenvalue weighted by atomic mass is 9.99. The van der Waals surface area contributed by atoms with Crippen LogP contribution in [-0.4, -0.2) is 11.2 Å². The largest absolute Gasteiger partial charge is 0.389 e. The summed E-state index contributed by atoms with van der Waals surface area (Å²) >= 11 is 0. The van der Waals surface area contributed by atoms with E-state index < -0.39 is 0 Å². The summed E-state index contributed by atoms with van der Waals surface area (Å²) in [5.41, 5.74) is 1.39. The van der Waals surface area contributed by atoms with Gasteiger partial charge in [0.05, 0.1) is 6.10 Å². The SMILES string of the molecule is CC(O)/C=C\C1=CCCCC1. The molecule has 1 atom stereocenters. The molecule has 62 valence electrons. The number of allylic oxidation sites excluding steroid dienone is 3. The van der Waals surface area contributed by atoms with Crippen LogP contribution >= 0.6 is 0 Å². The molecule has 0 aromatic carbocycles. The third-order valence-corrected chi connectivity index (χ3v) is 1.91. The molecule has 0 heterocycles. The average Bonchev–Trinajstić information content (AvgIpc) is 2.03. The fourth-order valence-electron chi connectivity index (χ4n) is 1.28. The topological polar surface area (TPSA) is 20.2 Å². The van der Waals surface area contributed by atoms with Crippen molar-refractivity contribution in [2.45, 2.75) is 38.7 Å². The van der Waals surface area contributed by atoms with Gasteiger partial charge in [-0.1, -0.05) is 23.8 Å². The lowest BCUT2D eigenvalue weighted by Gasteiger charge is -2.08. The van der Waals surface area contributed by atoms with Gasteiger partial charge >= 0.3 is 0 Å². The Bertz CT molecular complexity index is 166. The molecule has 1 unspecified atom stereocenters. The lowest BCUT2D eigenvalue weighted by Crippen LogP contribution is -1.94. The molecule has 1 aliphatic rings. The van der Waals surface area contributed by atoms with Crippen LogP contribution in [0.3, 0.4) is 0 Å². The molecule has 0 saturated heterocycles. The van der Waals surface area contributed by atoms with Gasteiger partial charge in [-0.2, -0.15) is 0 Å². The molecular formula is C10H16O. The van der Waals surface area contributed by atoms with Crippen LogP contribution in [0.15, 0.2) is 23.8 Å². The Kier molecular flexibility index (Phi) is 3.37. The zero-order chi connectivity index (χ0) is 8.10. The van der Waals surface area contributed by atoms with Crippen LogP contribution in [0.25, 0.3) is 0 Å². The van der Waals surface area contributed by atoms with Crippen LogP contribution in [-0.2, 0) is 0 Å². The standard InChI is InChI=1S/C10H16O/c1-9(11)7-8-10-5-3-2-4-6-10/h5,7-9,11H,2-4,6H2,1H3/b8-7-. The third kappa shape index (κ3) is 3.38. The first kappa shape index (κ1) is 8.54. The van der Waals surface area contributed by atoms with Gasteiger partial charge in [0.15, 0.2) is 0 Å². The van der Waals surface area contributed by atoms with E-state index in [4.69, 9.17) is 5.11 Å². The van der Waals surface area contributed by atoms with Gasteiger partial charge in [-0.05, 0) is 32.6 Å². The fourth-order valence-corrected chi connectivity index (χ4v) is 1.28. The van der Waals surface area contributed by atoms with E-state index in [0.717, 1.165) is 0 Å². The summed E-state index contributed by atoms with van der Waals surface area (Å²) in [6.07, 6.45) is 10.9. The van der Waals surface area contributed by atoms with Crippen molar-refractivity contribution in [3.63, 3.8) is 0 Å². The summed E-state index contributed by atoms with van der Waals surface area (Å²) < 4.78 is 0. The van der Waals surface area contributed by atoms with Crippen molar-refractivity contribution in [3.8, 4) is 0 Å². The molecule has 0 radical (unpaired) electrons. The minimum Gasteiger partial charge on any atom is -0.389 e. The predicted molar refractivity (Wildman–Crippen MR) is 47.4 cm³/mol. The molecule has 0 aromatic heterocycles. The Balaban J connectivity index is 2.41. The fraction of sp³-hybridized carbons (Fsp3) is 0.600. The van der Waals surface area contributed by atoms with Crippen molar-refractivity contribution < 1.29 is 5.11 Å². The maximum Gasteiger partial charge on any atom is 0.0695 e. The van der Waals surface area contributed by atoms with Crippen molar-refractivity contribution in [2.24, 2.45) is 0 Å². The summed E-state index contributed by atoms with van der Waals surface area (Å²) in [5, 5.41) is 8.97. The number of rotatable bonds is 2. The molecule has 11 heavy (non-hydrogen) atoms. The highest BCUT2D eigenvalue weighted by molar-refractivity contribution is 5.20. The highest BCUT2D eigenvalue weighted by Gasteiger charge is 1.99. The van der Waals surface area contributed by atoms with Crippen molar-refractivity contribution >= 4 is 0 Å². The van der Waals surface area contributed by atoms with E-state index in [9.17, 15) is 0 Å². The highest BCUT2D eigenvalue weighted by Crippen LogP contribution is 2.18. The molecule has 0 aliphatic heterocycles. The molecule has 1 heteroatoms. The van der Waals surface area contributed by atoms with Crippen molar-refractivity contribution in [1.82, 2.24) is 0 Å². The summed E-state index contributed by atoms with van der Waals surface area (Å²) in [5.74, 6) is 0. The van der Waals surface area contributed by atoms with Crippen LogP contribution in [0.4, 0.5) is 0 Å². The lowest BCUT2D eigenvalue weighted by molar-refractivity contribution is 0.244. The number of hydrogen-bond donors (Lipinski definition) is 1. The van der Waals surface area contributed by atoms with Crippen LogP contribution in [0, 0.1) is 0 Å². The second kappa shape index (κ2) is 4.35. The molecule has 0 aromatic rings.